The minimum atomic E-state index is -0.532. The number of nitrogens with one attached hydrogen (secondary N) is 2. The molecule has 0 bridgehead atoms. The first-order valence-corrected chi connectivity index (χ1v) is 10.7. The number of fused-ring (bicyclic) bond motifs is 1. The molecule has 176 valence electrons. The molecule has 0 aliphatic heterocycles. The molecule has 3 rings (SSSR count). The van der Waals surface area contributed by atoms with Gasteiger partial charge in [0.15, 0.2) is 17.2 Å². The van der Waals surface area contributed by atoms with Crippen molar-refractivity contribution in [1.82, 2.24) is 9.55 Å². The van der Waals surface area contributed by atoms with E-state index in [-0.39, 0.29) is 17.6 Å². The van der Waals surface area contributed by atoms with E-state index in [1.807, 2.05) is 31.2 Å². The third-order valence-electron chi connectivity index (χ3n) is 5.30. The molecule has 9 nitrogen and oxygen atoms in total. The molecule has 0 saturated carbocycles. The molecule has 0 radical (unpaired) electrons. The van der Waals surface area contributed by atoms with Crippen LogP contribution < -0.4 is 20.1 Å². The fourth-order valence-electron chi connectivity index (χ4n) is 3.92. The van der Waals surface area contributed by atoms with E-state index >= 15 is 0 Å². The molecule has 0 spiro atoms. The lowest BCUT2D eigenvalue weighted by atomic mass is 10.1. The Morgan fingerprint density at radius 2 is 1.85 bits per heavy atom. The molecule has 2 heterocycles. The van der Waals surface area contributed by atoms with Gasteiger partial charge in [0.2, 0.25) is 5.91 Å². The minimum Gasteiger partial charge on any atom is -0.493 e. The molecule has 9 heteroatoms. The second-order valence-corrected chi connectivity index (χ2v) is 7.67. The van der Waals surface area contributed by atoms with Gasteiger partial charge in [-0.2, -0.15) is 0 Å². The summed E-state index contributed by atoms with van der Waals surface area (Å²) < 4.78 is 17.4. The van der Waals surface area contributed by atoms with Crippen molar-refractivity contribution in [2.75, 3.05) is 32.0 Å². The smallest absolute Gasteiger partial charge is 0.356 e. The van der Waals surface area contributed by atoms with Crippen molar-refractivity contribution >= 4 is 34.3 Å². The predicted molar refractivity (Wildman–Crippen MR) is 127 cm³/mol. The Morgan fingerprint density at radius 3 is 2.45 bits per heavy atom. The number of rotatable bonds is 9. The third kappa shape index (κ3) is 5.02. The Kier molecular flexibility index (Phi) is 7.42. The zero-order valence-corrected chi connectivity index (χ0v) is 19.8. The van der Waals surface area contributed by atoms with E-state index in [9.17, 15) is 9.59 Å². The zero-order chi connectivity index (χ0) is 24.1. The standard InChI is InChI=1S/C24H30N4O5/c1-7-28-22(24(30)33-6)21(27-15(3)29)18-12-17(13-25-23(18)28)26-14(2)10-16-8-9-19(31-4)20(11-16)32-5/h8-9,11-14,26H,7,10H2,1-6H3,(H,27,29). The number of methoxy groups -OCH3 is 3. The quantitative estimate of drug-likeness (QED) is 0.473. The summed E-state index contributed by atoms with van der Waals surface area (Å²) in [5.41, 5.74) is 3.13. The molecular weight excluding hydrogens is 424 g/mol. The first-order chi connectivity index (χ1) is 15.8. The number of hydrogen-bond acceptors (Lipinski definition) is 7. The van der Waals surface area contributed by atoms with Crippen LogP contribution in [0.15, 0.2) is 30.5 Å². The van der Waals surface area contributed by atoms with Gasteiger partial charge >= 0.3 is 5.97 Å². The van der Waals surface area contributed by atoms with Crippen LogP contribution in [0.2, 0.25) is 0 Å². The zero-order valence-electron chi connectivity index (χ0n) is 19.8. The van der Waals surface area contributed by atoms with Gasteiger partial charge in [-0.3, -0.25) is 4.79 Å². The molecular formula is C24H30N4O5. The minimum absolute atomic E-state index is 0.0694. The van der Waals surface area contributed by atoms with E-state index < -0.39 is 5.97 Å². The van der Waals surface area contributed by atoms with Crippen molar-refractivity contribution in [1.29, 1.82) is 0 Å². The Morgan fingerprint density at radius 1 is 1.12 bits per heavy atom. The van der Waals surface area contributed by atoms with Crippen LogP contribution in [-0.2, 0) is 22.5 Å². The van der Waals surface area contributed by atoms with Gasteiger partial charge in [-0.1, -0.05) is 6.07 Å². The number of carbonyl (C=O) groups is 2. The fraction of sp³-hybridized carbons (Fsp3) is 0.375. The molecule has 1 aromatic carbocycles. The summed E-state index contributed by atoms with van der Waals surface area (Å²) >= 11 is 0. The summed E-state index contributed by atoms with van der Waals surface area (Å²) in [6.07, 6.45) is 2.46. The van der Waals surface area contributed by atoms with Gasteiger partial charge < -0.3 is 29.4 Å². The summed E-state index contributed by atoms with van der Waals surface area (Å²) in [7, 11) is 4.53. The summed E-state index contributed by atoms with van der Waals surface area (Å²) in [4.78, 5) is 28.9. The maximum atomic E-state index is 12.5. The highest BCUT2D eigenvalue weighted by molar-refractivity contribution is 6.10. The number of benzene rings is 1. The average Bonchev–Trinajstić information content (AvgIpc) is 3.10. The number of anilines is 2. The predicted octanol–water partition coefficient (Wildman–Crippen LogP) is 3.86. The maximum Gasteiger partial charge on any atom is 0.356 e. The number of aryl methyl sites for hydroxylation is 1. The molecule has 1 amide bonds. The van der Waals surface area contributed by atoms with Crippen LogP contribution in [0.3, 0.4) is 0 Å². The Labute approximate surface area is 193 Å². The van der Waals surface area contributed by atoms with E-state index in [0.29, 0.717) is 34.8 Å². The lowest BCUT2D eigenvalue weighted by Crippen LogP contribution is -2.18. The molecule has 0 aliphatic rings. The van der Waals surface area contributed by atoms with Crippen LogP contribution in [0.1, 0.15) is 36.8 Å². The molecule has 0 fully saturated rings. The Hall–Kier alpha value is -3.75. The first kappa shape index (κ1) is 23.9. The van der Waals surface area contributed by atoms with Crippen LogP contribution in [0.4, 0.5) is 11.4 Å². The number of hydrogen-bond donors (Lipinski definition) is 2. The van der Waals surface area contributed by atoms with E-state index in [4.69, 9.17) is 14.2 Å². The monoisotopic (exact) mass is 454 g/mol. The molecule has 1 atom stereocenters. The third-order valence-corrected chi connectivity index (χ3v) is 5.30. The van der Waals surface area contributed by atoms with Crippen molar-refractivity contribution < 1.29 is 23.8 Å². The summed E-state index contributed by atoms with van der Waals surface area (Å²) in [6, 6.07) is 7.80. The molecule has 1 unspecified atom stereocenters. The lowest BCUT2D eigenvalue weighted by Gasteiger charge is -2.16. The largest absolute Gasteiger partial charge is 0.493 e. The molecule has 0 aliphatic carbocycles. The fourth-order valence-corrected chi connectivity index (χ4v) is 3.92. The van der Waals surface area contributed by atoms with Crippen LogP contribution in [0.25, 0.3) is 11.0 Å². The SMILES string of the molecule is CCn1c(C(=O)OC)c(NC(C)=O)c2cc(NC(C)Cc3ccc(OC)c(OC)c3)cnc21. The normalized spacial score (nSPS) is 11.7. The number of aromatic nitrogens is 2. The van der Waals surface area contributed by atoms with Gasteiger partial charge in [0.25, 0.3) is 0 Å². The molecule has 0 saturated heterocycles. The van der Waals surface area contributed by atoms with Gasteiger partial charge in [0.1, 0.15) is 5.65 Å². The van der Waals surface area contributed by atoms with Crippen molar-refractivity contribution in [2.24, 2.45) is 0 Å². The number of pyridine rings is 1. The number of amides is 1. The second-order valence-electron chi connectivity index (χ2n) is 7.67. The molecule has 2 aromatic heterocycles. The van der Waals surface area contributed by atoms with E-state index in [1.54, 1.807) is 25.0 Å². The molecule has 33 heavy (non-hydrogen) atoms. The van der Waals surface area contributed by atoms with Crippen LogP contribution in [-0.4, -0.2) is 48.8 Å². The Bertz CT molecular complexity index is 1170. The summed E-state index contributed by atoms with van der Waals surface area (Å²) in [5.74, 6) is 0.552. The van der Waals surface area contributed by atoms with E-state index in [0.717, 1.165) is 17.7 Å². The molecule has 3 aromatic rings. The van der Waals surface area contributed by atoms with E-state index in [1.165, 1.54) is 14.0 Å². The summed E-state index contributed by atoms with van der Waals surface area (Å²) in [5, 5.41) is 6.89. The number of ether oxygens (including phenoxy) is 3. The highest BCUT2D eigenvalue weighted by atomic mass is 16.5. The van der Waals surface area contributed by atoms with Crippen LogP contribution in [0.5, 0.6) is 11.5 Å². The highest BCUT2D eigenvalue weighted by Crippen LogP contribution is 2.33. The van der Waals surface area contributed by atoms with Gasteiger partial charge in [-0.05, 0) is 44.0 Å². The van der Waals surface area contributed by atoms with Crippen molar-refractivity contribution in [3.05, 3.63) is 41.7 Å². The average molecular weight is 455 g/mol. The van der Waals surface area contributed by atoms with Crippen molar-refractivity contribution in [3.8, 4) is 11.5 Å². The van der Waals surface area contributed by atoms with Crippen molar-refractivity contribution in [2.45, 2.75) is 39.8 Å². The Balaban J connectivity index is 1.93. The number of nitrogens with zero attached hydrogens (tertiary/aromatic N) is 2. The first-order valence-electron chi connectivity index (χ1n) is 10.7. The van der Waals surface area contributed by atoms with Gasteiger partial charge in [0.05, 0.1) is 38.9 Å². The molecule has 2 N–H and O–H groups in total. The number of carbonyl (C=O) groups excluding carboxylic acids is 2. The highest BCUT2D eigenvalue weighted by Gasteiger charge is 2.25. The van der Waals surface area contributed by atoms with Gasteiger partial charge in [-0.15, -0.1) is 0 Å². The van der Waals surface area contributed by atoms with Gasteiger partial charge in [0, 0.05) is 24.9 Å². The second kappa shape index (κ2) is 10.2. The summed E-state index contributed by atoms with van der Waals surface area (Å²) in [6.45, 7) is 5.86. The van der Waals surface area contributed by atoms with Crippen molar-refractivity contribution in [3.63, 3.8) is 0 Å². The van der Waals surface area contributed by atoms with E-state index in [2.05, 4.69) is 22.5 Å². The number of esters is 1. The maximum absolute atomic E-state index is 12.5. The van der Waals surface area contributed by atoms with Crippen LogP contribution in [0, 0.1) is 0 Å². The lowest BCUT2D eigenvalue weighted by molar-refractivity contribution is -0.114. The van der Waals surface area contributed by atoms with Crippen LogP contribution >= 0.6 is 0 Å². The topological polar surface area (TPSA) is 104 Å². The van der Waals surface area contributed by atoms with Gasteiger partial charge in [-0.25, -0.2) is 9.78 Å².